The van der Waals surface area contributed by atoms with E-state index in [-0.39, 0.29) is 11.7 Å². The lowest BCUT2D eigenvalue weighted by Crippen LogP contribution is -2.48. The number of carbonyl (C=O) groups is 1. The van der Waals surface area contributed by atoms with Crippen LogP contribution in [0.4, 0.5) is 10.7 Å². The van der Waals surface area contributed by atoms with E-state index >= 15 is 0 Å². The molecule has 7 heteroatoms. The number of nitrogens with one attached hydrogen (secondary N) is 1. The van der Waals surface area contributed by atoms with Gasteiger partial charge in [0, 0.05) is 36.7 Å². The third-order valence-corrected chi connectivity index (χ3v) is 6.95. The summed E-state index contributed by atoms with van der Waals surface area (Å²) in [4.78, 5) is 18.3. The Morgan fingerprint density at radius 2 is 1.83 bits per heavy atom. The van der Waals surface area contributed by atoms with E-state index in [2.05, 4.69) is 21.2 Å². The zero-order chi connectivity index (χ0) is 20.2. The lowest BCUT2D eigenvalue weighted by Gasteiger charge is -2.35. The van der Waals surface area contributed by atoms with Gasteiger partial charge in [0.2, 0.25) is 5.91 Å². The minimum absolute atomic E-state index is 0.0454. The molecule has 1 aliphatic carbocycles. The number of anilines is 2. The summed E-state index contributed by atoms with van der Waals surface area (Å²) in [6.45, 7) is 3.64. The third kappa shape index (κ3) is 4.55. The van der Waals surface area contributed by atoms with Crippen LogP contribution in [0, 0.1) is 11.3 Å². The molecule has 6 nitrogen and oxygen atoms in total. The first kappa shape index (κ1) is 19.7. The molecule has 1 aliphatic heterocycles. The fourth-order valence-corrected chi connectivity index (χ4v) is 5.40. The number of hydrogen-bond acceptors (Lipinski definition) is 6. The third-order valence-electron chi connectivity index (χ3n) is 5.74. The lowest BCUT2D eigenvalue weighted by atomic mass is 10.1. The maximum Gasteiger partial charge on any atom is 0.239 e. The summed E-state index contributed by atoms with van der Waals surface area (Å²) in [5, 5.41) is 22.8. The van der Waals surface area contributed by atoms with Gasteiger partial charge in [-0.15, -0.1) is 11.3 Å². The Morgan fingerprint density at radius 1 is 1.10 bits per heavy atom. The monoisotopic (exact) mass is 410 g/mol. The van der Waals surface area contributed by atoms with E-state index in [1.54, 1.807) is 23.5 Å². The van der Waals surface area contributed by atoms with Crippen molar-refractivity contribution in [2.45, 2.75) is 32.1 Å². The SMILES string of the molecule is N#Cc1c(NC(=O)CN2CCN(c3ccc(O)cc3)CC2)sc2c1CCCCC2. The Kier molecular flexibility index (Phi) is 6.02. The fraction of sp³-hybridized carbons (Fsp3) is 0.455. The number of phenols is 1. The van der Waals surface area contributed by atoms with Crippen molar-refractivity contribution in [2.75, 3.05) is 42.9 Å². The van der Waals surface area contributed by atoms with Gasteiger partial charge in [0.1, 0.15) is 16.8 Å². The number of hydrogen-bond donors (Lipinski definition) is 2. The van der Waals surface area contributed by atoms with Crippen molar-refractivity contribution in [1.29, 1.82) is 5.26 Å². The molecule has 2 aliphatic rings. The Morgan fingerprint density at radius 3 is 2.55 bits per heavy atom. The van der Waals surface area contributed by atoms with Crippen molar-refractivity contribution >= 4 is 27.9 Å². The predicted octanol–water partition coefficient (Wildman–Crippen LogP) is 3.35. The number of benzene rings is 1. The van der Waals surface area contributed by atoms with Crippen molar-refractivity contribution in [3.63, 3.8) is 0 Å². The van der Waals surface area contributed by atoms with Gasteiger partial charge in [-0.1, -0.05) is 6.42 Å². The average molecular weight is 411 g/mol. The van der Waals surface area contributed by atoms with Gasteiger partial charge in [-0.3, -0.25) is 9.69 Å². The van der Waals surface area contributed by atoms with Crippen LogP contribution in [0.3, 0.4) is 0 Å². The number of piperazine rings is 1. The van der Waals surface area contributed by atoms with Crippen LogP contribution in [0.15, 0.2) is 24.3 Å². The van der Waals surface area contributed by atoms with Crippen LogP contribution in [0.1, 0.15) is 35.3 Å². The Labute approximate surface area is 175 Å². The van der Waals surface area contributed by atoms with Crippen LogP contribution in [0.25, 0.3) is 0 Å². The molecule has 152 valence electrons. The van der Waals surface area contributed by atoms with Crippen molar-refractivity contribution in [1.82, 2.24) is 4.90 Å². The fourth-order valence-electron chi connectivity index (χ4n) is 4.15. The minimum atomic E-state index is -0.0454. The highest BCUT2D eigenvalue weighted by Gasteiger charge is 2.23. The lowest BCUT2D eigenvalue weighted by molar-refractivity contribution is -0.117. The van der Waals surface area contributed by atoms with Crippen molar-refractivity contribution in [3.05, 3.63) is 40.3 Å². The van der Waals surface area contributed by atoms with Crippen LogP contribution in [0.5, 0.6) is 5.75 Å². The second-order valence-corrected chi connectivity index (χ2v) is 8.81. The van der Waals surface area contributed by atoms with E-state index in [9.17, 15) is 15.2 Å². The van der Waals surface area contributed by atoms with E-state index < -0.39 is 0 Å². The molecule has 0 radical (unpaired) electrons. The Bertz CT molecular complexity index is 908. The molecule has 0 spiro atoms. The van der Waals surface area contributed by atoms with Crippen LogP contribution < -0.4 is 10.2 Å². The second kappa shape index (κ2) is 8.85. The zero-order valence-electron chi connectivity index (χ0n) is 16.5. The quantitative estimate of drug-likeness (QED) is 0.756. The minimum Gasteiger partial charge on any atom is -0.508 e. The van der Waals surface area contributed by atoms with E-state index in [0.29, 0.717) is 12.1 Å². The predicted molar refractivity (Wildman–Crippen MR) is 116 cm³/mol. The highest BCUT2D eigenvalue weighted by atomic mass is 32.1. The summed E-state index contributed by atoms with van der Waals surface area (Å²) in [6.07, 6.45) is 5.46. The number of phenolic OH excluding ortho intramolecular Hbond substituents is 1. The first-order valence-corrected chi connectivity index (χ1v) is 11.1. The number of carbonyl (C=O) groups excluding carboxylic acids is 1. The highest BCUT2D eigenvalue weighted by molar-refractivity contribution is 7.16. The van der Waals surface area contributed by atoms with Gasteiger partial charge in [-0.05, 0) is 55.5 Å². The molecule has 29 heavy (non-hydrogen) atoms. The summed E-state index contributed by atoms with van der Waals surface area (Å²) in [5.74, 6) is 0.225. The molecule has 0 unspecified atom stereocenters. The molecule has 2 heterocycles. The molecule has 1 aromatic carbocycles. The molecule has 1 fully saturated rings. The average Bonchev–Trinajstić information content (AvgIpc) is 2.88. The van der Waals surface area contributed by atoms with Gasteiger partial charge < -0.3 is 15.3 Å². The number of aromatic hydroxyl groups is 1. The summed E-state index contributed by atoms with van der Waals surface area (Å²) in [7, 11) is 0. The first-order valence-electron chi connectivity index (χ1n) is 10.2. The summed E-state index contributed by atoms with van der Waals surface area (Å²) < 4.78 is 0. The van der Waals surface area contributed by atoms with E-state index in [1.807, 2.05) is 12.1 Å². The molecule has 2 N–H and O–H groups in total. The van der Waals surface area contributed by atoms with Crippen LogP contribution in [-0.2, 0) is 17.6 Å². The highest BCUT2D eigenvalue weighted by Crippen LogP contribution is 2.37. The molecule has 0 saturated carbocycles. The standard InChI is InChI=1S/C22H26N4O2S/c23-14-19-18-4-2-1-3-5-20(18)29-22(19)24-21(28)15-25-10-12-26(13-11-25)16-6-8-17(27)9-7-16/h6-9,27H,1-5,10-13,15H2,(H,24,28). The molecule has 1 aromatic heterocycles. The van der Waals surface area contributed by atoms with Gasteiger partial charge in [0.25, 0.3) is 0 Å². The van der Waals surface area contributed by atoms with Crippen LogP contribution in [-0.4, -0.2) is 48.6 Å². The number of rotatable bonds is 4. The topological polar surface area (TPSA) is 79.6 Å². The van der Waals surface area contributed by atoms with Crippen molar-refractivity contribution in [3.8, 4) is 11.8 Å². The Balaban J connectivity index is 1.33. The first-order chi connectivity index (χ1) is 14.1. The largest absolute Gasteiger partial charge is 0.508 e. The molecular formula is C22H26N4O2S. The number of nitriles is 1. The molecular weight excluding hydrogens is 384 g/mol. The maximum atomic E-state index is 12.6. The van der Waals surface area contributed by atoms with Gasteiger partial charge in [-0.2, -0.15) is 5.26 Å². The summed E-state index contributed by atoms with van der Waals surface area (Å²) in [6, 6.07) is 9.56. The van der Waals surface area contributed by atoms with Crippen LogP contribution in [0.2, 0.25) is 0 Å². The van der Waals surface area contributed by atoms with Gasteiger partial charge in [0.15, 0.2) is 0 Å². The van der Waals surface area contributed by atoms with E-state index in [0.717, 1.165) is 68.1 Å². The van der Waals surface area contributed by atoms with E-state index in [4.69, 9.17) is 0 Å². The van der Waals surface area contributed by atoms with Crippen LogP contribution >= 0.6 is 11.3 Å². The van der Waals surface area contributed by atoms with Gasteiger partial charge in [-0.25, -0.2) is 0 Å². The van der Waals surface area contributed by atoms with Gasteiger partial charge >= 0.3 is 0 Å². The second-order valence-electron chi connectivity index (χ2n) is 7.71. The van der Waals surface area contributed by atoms with E-state index in [1.165, 1.54) is 11.3 Å². The number of amides is 1. The van der Waals surface area contributed by atoms with Crippen molar-refractivity contribution < 1.29 is 9.90 Å². The molecule has 0 atom stereocenters. The maximum absolute atomic E-state index is 12.6. The number of nitrogens with zero attached hydrogens (tertiary/aromatic N) is 3. The molecule has 1 saturated heterocycles. The normalized spacial score (nSPS) is 17.3. The van der Waals surface area contributed by atoms with Crippen molar-refractivity contribution in [2.24, 2.45) is 0 Å². The summed E-state index contributed by atoms with van der Waals surface area (Å²) in [5.41, 5.74) is 2.93. The molecule has 1 amide bonds. The number of aryl methyl sites for hydroxylation is 1. The smallest absolute Gasteiger partial charge is 0.239 e. The van der Waals surface area contributed by atoms with Gasteiger partial charge in [0.05, 0.1) is 12.1 Å². The number of fused-ring (bicyclic) bond motifs is 1. The molecule has 4 rings (SSSR count). The Hall–Kier alpha value is -2.56. The number of thiophene rings is 1. The molecule has 0 bridgehead atoms. The zero-order valence-corrected chi connectivity index (χ0v) is 17.3. The molecule has 2 aromatic rings. The summed E-state index contributed by atoms with van der Waals surface area (Å²) >= 11 is 1.59.